The van der Waals surface area contributed by atoms with E-state index in [0.717, 1.165) is 46.4 Å². The van der Waals surface area contributed by atoms with Crippen molar-refractivity contribution in [3.05, 3.63) is 66.2 Å². The molecule has 178 valence electrons. The number of fused-ring (bicyclic) bond motifs is 1. The maximum absolute atomic E-state index is 6.43. The van der Waals surface area contributed by atoms with Gasteiger partial charge in [-0.25, -0.2) is 0 Å². The molecule has 0 bridgehead atoms. The van der Waals surface area contributed by atoms with Gasteiger partial charge in [0.05, 0.1) is 19.8 Å². The van der Waals surface area contributed by atoms with Crippen molar-refractivity contribution < 1.29 is 23.7 Å². The van der Waals surface area contributed by atoms with Crippen molar-refractivity contribution in [2.24, 2.45) is 5.73 Å². The molecule has 0 aliphatic rings. The van der Waals surface area contributed by atoms with Gasteiger partial charge >= 0.3 is 0 Å². The van der Waals surface area contributed by atoms with Crippen LogP contribution < -0.4 is 19.9 Å². The Morgan fingerprint density at radius 2 is 1.24 bits per heavy atom. The van der Waals surface area contributed by atoms with Crippen LogP contribution >= 0.6 is 0 Å². The summed E-state index contributed by atoms with van der Waals surface area (Å²) in [5.74, 6) is 2.51. The van der Waals surface area contributed by atoms with Crippen molar-refractivity contribution >= 4 is 10.8 Å². The SMILES string of the molecule is COCCCOc1cccc([C@@H](N)CCOc2cccc3c(OCCCOC)cccc23)c1. The first-order valence-electron chi connectivity index (χ1n) is 11.5. The third kappa shape index (κ3) is 7.63. The van der Waals surface area contributed by atoms with Crippen LogP contribution in [0, 0.1) is 0 Å². The molecule has 1 atom stereocenters. The van der Waals surface area contributed by atoms with Gasteiger partial charge in [-0.2, -0.15) is 0 Å². The highest BCUT2D eigenvalue weighted by atomic mass is 16.5. The zero-order valence-electron chi connectivity index (χ0n) is 19.6. The van der Waals surface area contributed by atoms with Gasteiger partial charge in [0, 0.05) is 63.5 Å². The fourth-order valence-electron chi connectivity index (χ4n) is 3.58. The molecule has 3 rings (SSSR count). The quantitative estimate of drug-likeness (QED) is 0.321. The largest absolute Gasteiger partial charge is 0.493 e. The van der Waals surface area contributed by atoms with Gasteiger partial charge in [0.1, 0.15) is 17.2 Å². The average Bonchev–Trinajstić information content (AvgIpc) is 2.85. The normalized spacial score (nSPS) is 12.0. The number of nitrogens with two attached hydrogens (primary N) is 1. The maximum atomic E-state index is 6.43. The lowest BCUT2D eigenvalue weighted by Gasteiger charge is -2.16. The van der Waals surface area contributed by atoms with Crippen LogP contribution in [0.1, 0.15) is 30.9 Å². The van der Waals surface area contributed by atoms with Crippen molar-refractivity contribution in [3.8, 4) is 17.2 Å². The summed E-state index contributed by atoms with van der Waals surface area (Å²) in [6.07, 6.45) is 2.39. The van der Waals surface area contributed by atoms with Crippen molar-refractivity contribution in [2.45, 2.75) is 25.3 Å². The molecule has 0 spiro atoms. The Labute approximate surface area is 196 Å². The molecular formula is C27H35NO5. The van der Waals surface area contributed by atoms with Crippen LogP contribution in [-0.4, -0.2) is 47.3 Å². The molecule has 0 fully saturated rings. The first kappa shape index (κ1) is 24.8. The van der Waals surface area contributed by atoms with Crippen LogP contribution in [0.15, 0.2) is 60.7 Å². The molecule has 2 N–H and O–H groups in total. The molecule has 0 saturated heterocycles. The Morgan fingerprint density at radius 3 is 1.88 bits per heavy atom. The van der Waals surface area contributed by atoms with Gasteiger partial charge in [-0.1, -0.05) is 36.4 Å². The summed E-state index contributed by atoms with van der Waals surface area (Å²) in [5.41, 5.74) is 7.47. The van der Waals surface area contributed by atoms with E-state index in [0.29, 0.717) is 39.5 Å². The van der Waals surface area contributed by atoms with E-state index in [4.69, 9.17) is 29.4 Å². The predicted octanol–water partition coefficient (Wildman–Crippen LogP) is 5.14. The summed E-state index contributed by atoms with van der Waals surface area (Å²) in [6.45, 7) is 3.11. The number of ether oxygens (including phenoxy) is 5. The highest BCUT2D eigenvalue weighted by Gasteiger charge is 2.10. The Hall–Kier alpha value is -2.80. The molecule has 0 amide bonds. The Bertz CT molecular complexity index is 978. The lowest BCUT2D eigenvalue weighted by Crippen LogP contribution is -2.14. The third-order valence-corrected chi connectivity index (χ3v) is 5.33. The van der Waals surface area contributed by atoms with Crippen LogP contribution in [-0.2, 0) is 9.47 Å². The van der Waals surface area contributed by atoms with Crippen molar-refractivity contribution in [1.29, 1.82) is 0 Å². The highest BCUT2D eigenvalue weighted by Crippen LogP contribution is 2.32. The summed E-state index contributed by atoms with van der Waals surface area (Å²) < 4.78 is 28.0. The maximum Gasteiger partial charge on any atom is 0.127 e. The molecule has 6 heteroatoms. The van der Waals surface area contributed by atoms with E-state index in [1.165, 1.54) is 0 Å². The number of benzene rings is 3. The molecule has 3 aromatic rings. The van der Waals surface area contributed by atoms with E-state index in [1.54, 1.807) is 14.2 Å². The molecule has 33 heavy (non-hydrogen) atoms. The summed E-state index contributed by atoms with van der Waals surface area (Å²) in [4.78, 5) is 0. The summed E-state index contributed by atoms with van der Waals surface area (Å²) in [7, 11) is 3.39. The van der Waals surface area contributed by atoms with E-state index in [1.807, 2.05) is 48.5 Å². The lowest BCUT2D eigenvalue weighted by molar-refractivity contribution is 0.172. The second-order valence-corrected chi connectivity index (χ2v) is 7.81. The zero-order chi connectivity index (χ0) is 23.3. The predicted molar refractivity (Wildman–Crippen MR) is 131 cm³/mol. The van der Waals surface area contributed by atoms with Crippen LogP contribution in [0.2, 0.25) is 0 Å². The molecule has 0 saturated carbocycles. The minimum atomic E-state index is -0.137. The smallest absolute Gasteiger partial charge is 0.127 e. The fraction of sp³-hybridized carbons (Fsp3) is 0.407. The van der Waals surface area contributed by atoms with Gasteiger partial charge < -0.3 is 29.4 Å². The molecule has 3 aromatic carbocycles. The monoisotopic (exact) mass is 453 g/mol. The second kappa shape index (κ2) is 13.7. The van der Waals surface area contributed by atoms with Gasteiger partial charge in [0.15, 0.2) is 0 Å². The summed E-state index contributed by atoms with van der Waals surface area (Å²) in [5, 5.41) is 2.07. The molecule has 0 aliphatic carbocycles. The van der Waals surface area contributed by atoms with Gasteiger partial charge in [-0.05, 0) is 29.8 Å². The number of rotatable bonds is 15. The number of hydrogen-bond donors (Lipinski definition) is 1. The van der Waals surface area contributed by atoms with Gasteiger partial charge in [0.2, 0.25) is 0 Å². The van der Waals surface area contributed by atoms with Crippen LogP contribution in [0.3, 0.4) is 0 Å². The van der Waals surface area contributed by atoms with Gasteiger partial charge in [0.25, 0.3) is 0 Å². The minimum absolute atomic E-state index is 0.137. The van der Waals surface area contributed by atoms with E-state index >= 15 is 0 Å². The Balaban J connectivity index is 1.56. The fourth-order valence-corrected chi connectivity index (χ4v) is 3.58. The zero-order valence-corrected chi connectivity index (χ0v) is 19.6. The number of hydrogen-bond acceptors (Lipinski definition) is 6. The first-order valence-corrected chi connectivity index (χ1v) is 11.5. The van der Waals surface area contributed by atoms with Gasteiger partial charge in [-0.15, -0.1) is 0 Å². The van der Waals surface area contributed by atoms with Crippen LogP contribution in [0.25, 0.3) is 10.8 Å². The first-order chi connectivity index (χ1) is 16.2. The molecule has 0 heterocycles. The number of methoxy groups -OCH3 is 2. The van der Waals surface area contributed by atoms with Crippen LogP contribution in [0.4, 0.5) is 0 Å². The van der Waals surface area contributed by atoms with E-state index in [9.17, 15) is 0 Å². The average molecular weight is 454 g/mol. The Morgan fingerprint density at radius 1 is 0.667 bits per heavy atom. The minimum Gasteiger partial charge on any atom is -0.493 e. The molecular weight excluding hydrogens is 418 g/mol. The van der Waals surface area contributed by atoms with Crippen molar-refractivity contribution in [3.63, 3.8) is 0 Å². The third-order valence-electron chi connectivity index (χ3n) is 5.33. The van der Waals surface area contributed by atoms with Crippen LogP contribution in [0.5, 0.6) is 17.2 Å². The van der Waals surface area contributed by atoms with Crippen molar-refractivity contribution in [2.75, 3.05) is 47.3 Å². The molecule has 0 aliphatic heterocycles. The molecule has 0 aromatic heterocycles. The lowest BCUT2D eigenvalue weighted by atomic mass is 10.0. The summed E-state index contributed by atoms with van der Waals surface area (Å²) >= 11 is 0. The topological polar surface area (TPSA) is 72.2 Å². The van der Waals surface area contributed by atoms with E-state index < -0.39 is 0 Å². The van der Waals surface area contributed by atoms with Crippen molar-refractivity contribution in [1.82, 2.24) is 0 Å². The summed E-state index contributed by atoms with van der Waals surface area (Å²) in [6, 6.07) is 19.9. The standard InChI is InChI=1S/C27H35NO5/c1-29-15-6-17-31-22-9-3-8-21(20-22)25(28)14-19-33-27-13-5-10-23-24(27)11-4-12-26(23)32-18-7-16-30-2/h3-5,8-13,20,25H,6-7,14-19,28H2,1-2H3/t25-/m0/s1. The highest BCUT2D eigenvalue weighted by molar-refractivity contribution is 5.93. The van der Waals surface area contributed by atoms with Gasteiger partial charge in [-0.3, -0.25) is 0 Å². The second-order valence-electron chi connectivity index (χ2n) is 7.81. The van der Waals surface area contributed by atoms with E-state index in [2.05, 4.69) is 12.1 Å². The molecule has 6 nitrogen and oxygen atoms in total. The molecule has 0 unspecified atom stereocenters. The Kier molecular flexibility index (Phi) is 10.3. The van der Waals surface area contributed by atoms with E-state index in [-0.39, 0.29) is 6.04 Å². The molecule has 0 radical (unpaired) electrons.